The second-order valence-electron chi connectivity index (χ2n) is 5.52. The Morgan fingerprint density at radius 2 is 2.21 bits per heavy atom. The van der Waals surface area contributed by atoms with E-state index < -0.39 is 6.10 Å². The first-order chi connectivity index (χ1) is 9.13. The van der Waals surface area contributed by atoms with Crippen molar-refractivity contribution in [2.24, 2.45) is 0 Å². The molecule has 0 aromatic heterocycles. The maximum Gasteiger partial charge on any atom is 0.0762 e. The Labute approximate surface area is 121 Å². The molecule has 3 heteroatoms. The lowest BCUT2D eigenvalue weighted by atomic mass is 9.97. The second-order valence-corrected chi connectivity index (χ2v) is 5.93. The summed E-state index contributed by atoms with van der Waals surface area (Å²) in [4.78, 5) is 2.46. The van der Waals surface area contributed by atoms with Crippen molar-refractivity contribution in [2.75, 3.05) is 11.4 Å². The molecule has 2 rings (SSSR count). The Bertz CT molecular complexity index is 417. The molecule has 0 bridgehead atoms. The largest absolute Gasteiger partial charge is 0.389 e. The zero-order valence-electron chi connectivity index (χ0n) is 11.9. The molecule has 0 saturated carbocycles. The van der Waals surface area contributed by atoms with Gasteiger partial charge in [0.1, 0.15) is 0 Å². The van der Waals surface area contributed by atoms with Crippen molar-refractivity contribution in [2.45, 2.75) is 58.1 Å². The highest BCUT2D eigenvalue weighted by Crippen LogP contribution is 2.34. The van der Waals surface area contributed by atoms with Crippen molar-refractivity contribution in [1.29, 1.82) is 0 Å². The van der Waals surface area contributed by atoms with E-state index in [4.69, 9.17) is 11.6 Å². The number of rotatable bonds is 4. The fraction of sp³-hybridized carbons (Fsp3) is 0.625. The van der Waals surface area contributed by atoms with Crippen LogP contribution in [0.25, 0.3) is 0 Å². The van der Waals surface area contributed by atoms with Crippen molar-refractivity contribution in [3.8, 4) is 0 Å². The second kappa shape index (κ2) is 6.62. The first-order valence-electron chi connectivity index (χ1n) is 7.37. The maximum atomic E-state index is 9.61. The van der Waals surface area contributed by atoms with Crippen LogP contribution in [0.2, 0.25) is 5.02 Å². The van der Waals surface area contributed by atoms with Gasteiger partial charge >= 0.3 is 0 Å². The number of aliphatic hydroxyl groups excluding tert-OH is 1. The summed E-state index contributed by atoms with van der Waals surface area (Å²) >= 11 is 6.42. The predicted octanol–water partition coefficient (Wildman–Crippen LogP) is 4.55. The van der Waals surface area contributed by atoms with E-state index in [0.29, 0.717) is 6.04 Å². The zero-order chi connectivity index (χ0) is 13.8. The fourth-order valence-corrected chi connectivity index (χ4v) is 3.26. The van der Waals surface area contributed by atoms with Gasteiger partial charge in [-0.1, -0.05) is 31.0 Å². The summed E-state index contributed by atoms with van der Waals surface area (Å²) in [6.07, 6.45) is 5.82. The van der Waals surface area contributed by atoms with E-state index in [1.54, 1.807) is 6.92 Å². The van der Waals surface area contributed by atoms with Gasteiger partial charge in [0.15, 0.2) is 0 Å². The monoisotopic (exact) mass is 281 g/mol. The lowest BCUT2D eigenvalue weighted by Crippen LogP contribution is -2.39. The molecule has 1 aromatic rings. The van der Waals surface area contributed by atoms with E-state index in [-0.39, 0.29) is 0 Å². The summed E-state index contributed by atoms with van der Waals surface area (Å²) in [5.41, 5.74) is 2.02. The molecule has 106 valence electrons. The van der Waals surface area contributed by atoms with Crippen molar-refractivity contribution in [3.05, 3.63) is 28.8 Å². The third-order valence-electron chi connectivity index (χ3n) is 4.01. The third kappa shape index (κ3) is 3.43. The van der Waals surface area contributed by atoms with Crippen molar-refractivity contribution in [3.63, 3.8) is 0 Å². The van der Waals surface area contributed by atoms with Gasteiger partial charge in [0, 0.05) is 12.6 Å². The Kier molecular flexibility index (Phi) is 5.12. The van der Waals surface area contributed by atoms with Gasteiger partial charge in [0.25, 0.3) is 0 Å². The highest BCUT2D eigenvalue weighted by molar-refractivity contribution is 6.33. The van der Waals surface area contributed by atoms with Crippen LogP contribution in [0.4, 0.5) is 5.69 Å². The number of anilines is 1. The minimum Gasteiger partial charge on any atom is -0.389 e. The van der Waals surface area contributed by atoms with Crippen molar-refractivity contribution < 1.29 is 5.11 Å². The molecule has 1 fully saturated rings. The van der Waals surface area contributed by atoms with Crippen molar-refractivity contribution in [1.82, 2.24) is 0 Å². The van der Waals surface area contributed by atoms with Gasteiger partial charge in [-0.25, -0.2) is 0 Å². The quantitative estimate of drug-likeness (QED) is 0.875. The molecule has 1 N–H and O–H groups in total. The molecule has 0 amide bonds. The van der Waals surface area contributed by atoms with E-state index in [9.17, 15) is 5.11 Å². The van der Waals surface area contributed by atoms with Crippen LogP contribution in [0.15, 0.2) is 18.2 Å². The van der Waals surface area contributed by atoms with Gasteiger partial charge in [-0.15, -0.1) is 0 Å². The standard InChI is InChI=1S/C16H24ClNO/c1-3-6-14-7-4-5-10-18(14)16-9-8-13(12(2)19)11-15(16)17/h8-9,11-12,14,19H,3-7,10H2,1-2H3/t12-,14?/m0/s1. The lowest BCUT2D eigenvalue weighted by Gasteiger charge is -2.38. The molecule has 1 aliphatic rings. The Morgan fingerprint density at radius 3 is 2.84 bits per heavy atom. The fourth-order valence-electron chi connectivity index (χ4n) is 2.97. The third-order valence-corrected chi connectivity index (χ3v) is 4.32. The molecular weight excluding hydrogens is 258 g/mol. The number of nitrogens with zero attached hydrogens (tertiary/aromatic N) is 1. The number of hydrogen-bond acceptors (Lipinski definition) is 2. The van der Waals surface area contributed by atoms with Gasteiger partial charge in [-0.2, -0.15) is 0 Å². The molecular formula is C16H24ClNO. The van der Waals surface area contributed by atoms with Gasteiger partial charge in [-0.3, -0.25) is 0 Å². The molecule has 0 radical (unpaired) electrons. The molecule has 2 nitrogen and oxygen atoms in total. The molecule has 0 spiro atoms. The number of aliphatic hydroxyl groups is 1. The average molecular weight is 282 g/mol. The smallest absolute Gasteiger partial charge is 0.0762 e. The highest BCUT2D eigenvalue weighted by Gasteiger charge is 2.23. The molecule has 2 atom stereocenters. The van der Waals surface area contributed by atoms with E-state index >= 15 is 0 Å². The summed E-state index contributed by atoms with van der Waals surface area (Å²) in [5, 5.41) is 10.4. The summed E-state index contributed by atoms with van der Waals surface area (Å²) in [6.45, 7) is 5.11. The maximum absolute atomic E-state index is 9.61. The minimum atomic E-state index is -0.459. The number of hydrogen-bond donors (Lipinski definition) is 1. The molecule has 1 heterocycles. The Hall–Kier alpha value is -0.730. The molecule has 1 aliphatic heterocycles. The topological polar surface area (TPSA) is 23.5 Å². The van der Waals surface area contributed by atoms with Crippen LogP contribution in [0.3, 0.4) is 0 Å². The first kappa shape index (κ1) is 14.7. The van der Waals surface area contributed by atoms with Crippen LogP contribution in [0.5, 0.6) is 0 Å². The summed E-state index contributed by atoms with van der Waals surface area (Å²) in [5.74, 6) is 0. The lowest BCUT2D eigenvalue weighted by molar-refractivity contribution is 0.199. The molecule has 19 heavy (non-hydrogen) atoms. The molecule has 1 unspecified atom stereocenters. The first-order valence-corrected chi connectivity index (χ1v) is 7.75. The minimum absolute atomic E-state index is 0.459. The summed E-state index contributed by atoms with van der Waals surface area (Å²) < 4.78 is 0. The highest BCUT2D eigenvalue weighted by atomic mass is 35.5. The molecule has 0 aliphatic carbocycles. The average Bonchev–Trinajstić information content (AvgIpc) is 2.40. The van der Waals surface area contributed by atoms with E-state index in [1.165, 1.54) is 32.1 Å². The van der Waals surface area contributed by atoms with E-state index in [2.05, 4.69) is 17.9 Å². The number of piperidine rings is 1. The van der Waals surface area contributed by atoms with Crippen LogP contribution < -0.4 is 4.90 Å². The zero-order valence-corrected chi connectivity index (χ0v) is 12.7. The van der Waals surface area contributed by atoms with Crippen LogP contribution in [0.1, 0.15) is 57.6 Å². The van der Waals surface area contributed by atoms with Crippen molar-refractivity contribution >= 4 is 17.3 Å². The van der Waals surface area contributed by atoms with E-state index in [1.807, 2.05) is 12.1 Å². The number of halogens is 1. The van der Waals surface area contributed by atoms with Gasteiger partial charge in [0.2, 0.25) is 0 Å². The van der Waals surface area contributed by atoms with E-state index in [0.717, 1.165) is 22.8 Å². The van der Waals surface area contributed by atoms with Gasteiger partial charge in [0.05, 0.1) is 16.8 Å². The number of benzene rings is 1. The van der Waals surface area contributed by atoms with Crippen LogP contribution in [-0.4, -0.2) is 17.7 Å². The normalized spacial score (nSPS) is 21.5. The van der Waals surface area contributed by atoms with Crippen LogP contribution in [-0.2, 0) is 0 Å². The Morgan fingerprint density at radius 1 is 1.42 bits per heavy atom. The summed E-state index contributed by atoms with van der Waals surface area (Å²) in [7, 11) is 0. The predicted molar refractivity (Wildman–Crippen MR) is 82.0 cm³/mol. The molecule has 1 aromatic carbocycles. The van der Waals surface area contributed by atoms with Gasteiger partial charge < -0.3 is 10.0 Å². The van der Waals surface area contributed by atoms with Gasteiger partial charge in [-0.05, 0) is 50.3 Å². The summed E-state index contributed by atoms with van der Waals surface area (Å²) in [6, 6.07) is 6.58. The van der Waals surface area contributed by atoms with Crippen LogP contribution >= 0.6 is 11.6 Å². The SMILES string of the molecule is CCCC1CCCCN1c1ccc([C@H](C)O)cc1Cl. The molecule has 1 saturated heterocycles. The van der Waals surface area contributed by atoms with Crippen LogP contribution in [0, 0.1) is 0 Å². The Balaban J connectivity index is 2.23.